The van der Waals surface area contributed by atoms with E-state index in [0.29, 0.717) is 5.92 Å². The minimum Gasteiger partial charge on any atom is -0.350 e. The molecular weight excluding hydrogens is 298 g/mol. The molecule has 0 unspecified atom stereocenters. The summed E-state index contributed by atoms with van der Waals surface area (Å²) >= 11 is 1.92. The van der Waals surface area contributed by atoms with E-state index >= 15 is 0 Å². The molecule has 0 radical (unpaired) electrons. The normalized spacial score (nSPS) is 15.3. The zero-order valence-corrected chi connectivity index (χ0v) is 16.5. The molecule has 0 aromatic carbocycles. The number of thiophene rings is 1. The Morgan fingerprint density at radius 1 is 1.17 bits per heavy atom. The molecule has 2 aliphatic carbocycles. The maximum absolute atomic E-state index is 4.15. The second-order valence-electron chi connectivity index (χ2n) is 6.08. The molecular formula is C21H35NS. The van der Waals surface area contributed by atoms with E-state index in [-0.39, 0.29) is 0 Å². The fraction of sp³-hybridized carbons (Fsp3) is 0.619. The number of hydrogen-bond acceptors (Lipinski definition) is 2. The van der Waals surface area contributed by atoms with Gasteiger partial charge < -0.3 is 5.32 Å². The SMILES string of the molecule is C=Cc1c(NC(=C)C2CC2)sc2c1CCCC2.CC.CCCC. The number of nitrogens with one attached hydrogen (secondary N) is 1. The third kappa shape index (κ3) is 5.84. The second kappa shape index (κ2) is 10.7. The van der Waals surface area contributed by atoms with Crippen molar-refractivity contribution in [1.29, 1.82) is 0 Å². The highest BCUT2D eigenvalue weighted by molar-refractivity contribution is 7.16. The number of allylic oxidation sites excluding steroid dienone is 1. The Balaban J connectivity index is 0.000000388. The van der Waals surface area contributed by atoms with E-state index < -0.39 is 0 Å². The zero-order chi connectivity index (χ0) is 17.2. The lowest BCUT2D eigenvalue weighted by Crippen LogP contribution is -2.01. The lowest BCUT2D eigenvalue weighted by molar-refractivity contribution is 0.696. The van der Waals surface area contributed by atoms with Crippen LogP contribution in [0.2, 0.25) is 0 Å². The van der Waals surface area contributed by atoms with E-state index in [1.54, 1.807) is 10.4 Å². The van der Waals surface area contributed by atoms with Gasteiger partial charge in [0, 0.05) is 16.1 Å². The molecule has 0 saturated heterocycles. The second-order valence-corrected chi connectivity index (χ2v) is 7.19. The summed E-state index contributed by atoms with van der Waals surface area (Å²) in [7, 11) is 0. The van der Waals surface area contributed by atoms with Crippen LogP contribution in [-0.2, 0) is 12.8 Å². The van der Waals surface area contributed by atoms with E-state index in [2.05, 4.69) is 32.3 Å². The van der Waals surface area contributed by atoms with Crippen LogP contribution >= 0.6 is 11.3 Å². The highest BCUT2D eigenvalue weighted by atomic mass is 32.1. The summed E-state index contributed by atoms with van der Waals surface area (Å²) in [6, 6.07) is 0. The molecule has 2 heteroatoms. The highest BCUT2D eigenvalue weighted by Crippen LogP contribution is 2.42. The van der Waals surface area contributed by atoms with Crippen LogP contribution in [0.3, 0.4) is 0 Å². The first-order chi connectivity index (χ1) is 11.2. The highest BCUT2D eigenvalue weighted by Gasteiger charge is 2.26. The molecule has 1 heterocycles. The van der Waals surface area contributed by atoms with Crippen LogP contribution in [0, 0.1) is 5.92 Å². The summed E-state index contributed by atoms with van der Waals surface area (Å²) in [4.78, 5) is 1.57. The standard InChI is InChI=1S/C15H19NS.C4H10.C2H6/c1-3-12-13-6-4-5-7-14(13)17-15(12)16-10(2)11-8-9-11;1-3-4-2;1-2/h3,11,16H,1-2,4-9H2;3-4H2,1-2H3;1-2H3. The first-order valence-electron chi connectivity index (χ1n) is 9.44. The predicted octanol–water partition coefficient (Wildman–Crippen LogP) is 7.44. The van der Waals surface area contributed by atoms with E-state index in [0.717, 1.165) is 0 Å². The maximum Gasteiger partial charge on any atom is 0.100 e. The van der Waals surface area contributed by atoms with Gasteiger partial charge >= 0.3 is 0 Å². The average Bonchev–Trinajstić information content (AvgIpc) is 3.39. The van der Waals surface area contributed by atoms with Crippen molar-refractivity contribution in [3.63, 3.8) is 0 Å². The molecule has 0 spiro atoms. The van der Waals surface area contributed by atoms with Gasteiger partial charge in [0.05, 0.1) is 0 Å². The van der Waals surface area contributed by atoms with Crippen molar-refractivity contribution in [2.75, 3.05) is 5.32 Å². The van der Waals surface area contributed by atoms with Crippen molar-refractivity contribution >= 4 is 22.4 Å². The van der Waals surface area contributed by atoms with Crippen LogP contribution in [-0.4, -0.2) is 0 Å². The van der Waals surface area contributed by atoms with Gasteiger partial charge in [-0.2, -0.15) is 0 Å². The molecule has 1 saturated carbocycles. The first kappa shape index (κ1) is 20.0. The molecule has 23 heavy (non-hydrogen) atoms. The summed E-state index contributed by atoms with van der Waals surface area (Å²) in [6.07, 6.45) is 12.4. The molecule has 1 aromatic heterocycles. The number of unbranched alkanes of at least 4 members (excludes halogenated alkanes) is 1. The van der Waals surface area contributed by atoms with Gasteiger partial charge in [-0.05, 0) is 50.0 Å². The van der Waals surface area contributed by atoms with E-state index in [1.807, 2.05) is 31.3 Å². The maximum atomic E-state index is 4.15. The Hall–Kier alpha value is -1.02. The van der Waals surface area contributed by atoms with Crippen LogP contribution in [0.15, 0.2) is 18.9 Å². The van der Waals surface area contributed by atoms with Gasteiger partial charge in [-0.3, -0.25) is 0 Å². The summed E-state index contributed by atoms with van der Waals surface area (Å²) in [5, 5.41) is 4.81. The van der Waals surface area contributed by atoms with Crippen molar-refractivity contribution in [3.8, 4) is 0 Å². The van der Waals surface area contributed by atoms with E-state index in [1.165, 1.54) is 67.6 Å². The first-order valence-corrected chi connectivity index (χ1v) is 10.3. The molecule has 0 atom stereocenters. The van der Waals surface area contributed by atoms with Gasteiger partial charge in [0.2, 0.25) is 0 Å². The van der Waals surface area contributed by atoms with Crippen LogP contribution < -0.4 is 5.32 Å². The third-order valence-electron chi connectivity index (χ3n) is 4.26. The molecule has 1 fully saturated rings. The Labute approximate surface area is 147 Å². The van der Waals surface area contributed by atoms with Gasteiger partial charge in [0.25, 0.3) is 0 Å². The summed E-state index contributed by atoms with van der Waals surface area (Å²) in [6.45, 7) is 16.5. The third-order valence-corrected chi connectivity index (χ3v) is 5.48. The van der Waals surface area contributed by atoms with Crippen LogP contribution in [0.25, 0.3) is 6.08 Å². The average molecular weight is 334 g/mol. The molecule has 0 amide bonds. The smallest absolute Gasteiger partial charge is 0.100 e. The van der Waals surface area contributed by atoms with E-state index in [9.17, 15) is 0 Å². The van der Waals surface area contributed by atoms with Crippen molar-refractivity contribution in [1.82, 2.24) is 0 Å². The molecule has 1 N–H and O–H groups in total. The quantitative estimate of drug-likeness (QED) is 0.590. The number of hydrogen-bond donors (Lipinski definition) is 1. The number of fused-ring (bicyclic) bond motifs is 1. The Morgan fingerprint density at radius 3 is 2.30 bits per heavy atom. The molecule has 1 aromatic rings. The van der Waals surface area contributed by atoms with Gasteiger partial charge in [0.15, 0.2) is 0 Å². The lowest BCUT2D eigenvalue weighted by atomic mass is 9.95. The minimum absolute atomic E-state index is 0.715. The zero-order valence-electron chi connectivity index (χ0n) is 15.6. The van der Waals surface area contributed by atoms with E-state index in [4.69, 9.17) is 0 Å². The van der Waals surface area contributed by atoms with Gasteiger partial charge in [-0.15, -0.1) is 11.3 Å². The van der Waals surface area contributed by atoms with Crippen molar-refractivity contribution in [3.05, 3.63) is 34.9 Å². The molecule has 0 bridgehead atoms. The topological polar surface area (TPSA) is 12.0 Å². The van der Waals surface area contributed by atoms with Crippen molar-refractivity contribution in [2.45, 2.75) is 79.1 Å². The number of aryl methyl sites for hydroxylation is 1. The van der Waals surface area contributed by atoms with Crippen molar-refractivity contribution < 1.29 is 0 Å². The van der Waals surface area contributed by atoms with Crippen LogP contribution in [0.5, 0.6) is 0 Å². The van der Waals surface area contributed by atoms with Crippen LogP contribution in [0.4, 0.5) is 5.00 Å². The number of rotatable bonds is 5. The Bertz CT molecular complexity index is 492. The summed E-state index contributed by atoms with van der Waals surface area (Å²) in [5.41, 5.74) is 4.08. The van der Waals surface area contributed by atoms with Gasteiger partial charge in [-0.1, -0.05) is 59.8 Å². The monoisotopic (exact) mass is 333 g/mol. The van der Waals surface area contributed by atoms with Gasteiger partial charge in [-0.25, -0.2) is 0 Å². The van der Waals surface area contributed by atoms with Gasteiger partial charge in [0.1, 0.15) is 5.00 Å². The molecule has 130 valence electrons. The molecule has 3 rings (SSSR count). The largest absolute Gasteiger partial charge is 0.350 e. The fourth-order valence-electron chi connectivity index (χ4n) is 2.58. The predicted molar refractivity (Wildman–Crippen MR) is 108 cm³/mol. The van der Waals surface area contributed by atoms with Crippen LogP contribution in [0.1, 0.15) is 82.2 Å². The minimum atomic E-state index is 0.715. The fourth-order valence-corrected chi connectivity index (χ4v) is 3.91. The molecule has 2 aliphatic rings. The Morgan fingerprint density at radius 2 is 1.78 bits per heavy atom. The summed E-state index contributed by atoms with van der Waals surface area (Å²) < 4.78 is 0. The lowest BCUT2D eigenvalue weighted by Gasteiger charge is -2.11. The number of anilines is 1. The summed E-state index contributed by atoms with van der Waals surface area (Å²) in [5.74, 6) is 0.715. The molecule has 0 aliphatic heterocycles. The Kier molecular flexibility index (Phi) is 9.31. The molecule has 1 nitrogen and oxygen atoms in total. The van der Waals surface area contributed by atoms with Crippen molar-refractivity contribution in [2.24, 2.45) is 5.92 Å².